The standard InChI is InChI=1S/C20H19N5O3S2/c1-2-12-21-18(27)23-17(26)13-29-20-25-24-19(30-20)22-14-8-10-16(11-9-14)28-15-6-4-3-5-7-15/h2-11H,1,12-13H2,(H,22,24)(H2,21,23,26,27). The minimum atomic E-state index is -0.556. The number of urea groups is 1. The number of benzene rings is 2. The third-order valence-corrected chi connectivity index (χ3v) is 5.45. The van der Waals surface area contributed by atoms with E-state index >= 15 is 0 Å². The predicted octanol–water partition coefficient (Wildman–Crippen LogP) is 4.18. The van der Waals surface area contributed by atoms with Crippen LogP contribution in [0.5, 0.6) is 11.5 Å². The van der Waals surface area contributed by atoms with E-state index in [9.17, 15) is 9.59 Å². The van der Waals surface area contributed by atoms with Crippen molar-refractivity contribution in [2.24, 2.45) is 0 Å². The number of hydrogen-bond donors (Lipinski definition) is 3. The summed E-state index contributed by atoms with van der Waals surface area (Å²) in [5, 5.41) is 16.6. The van der Waals surface area contributed by atoms with Gasteiger partial charge in [-0.1, -0.05) is 47.4 Å². The van der Waals surface area contributed by atoms with Crippen molar-refractivity contribution in [1.82, 2.24) is 20.8 Å². The van der Waals surface area contributed by atoms with Crippen LogP contribution in [-0.4, -0.2) is 34.4 Å². The van der Waals surface area contributed by atoms with Crippen LogP contribution in [0, 0.1) is 0 Å². The second-order valence-electron chi connectivity index (χ2n) is 5.77. The van der Waals surface area contributed by atoms with Crippen LogP contribution in [0.25, 0.3) is 0 Å². The normalized spacial score (nSPS) is 10.1. The Hall–Kier alpha value is -3.37. The van der Waals surface area contributed by atoms with Crippen molar-refractivity contribution in [2.45, 2.75) is 4.34 Å². The molecule has 30 heavy (non-hydrogen) atoms. The summed E-state index contributed by atoms with van der Waals surface area (Å²) in [6, 6.07) is 16.4. The van der Waals surface area contributed by atoms with Gasteiger partial charge in [-0.2, -0.15) is 0 Å². The largest absolute Gasteiger partial charge is 0.457 e. The van der Waals surface area contributed by atoms with Crippen LogP contribution in [0.3, 0.4) is 0 Å². The van der Waals surface area contributed by atoms with Crippen molar-refractivity contribution in [3.05, 3.63) is 67.3 Å². The molecule has 0 saturated heterocycles. The Morgan fingerprint density at radius 1 is 1.07 bits per heavy atom. The molecule has 0 atom stereocenters. The van der Waals surface area contributed by atoms with Crippen LogP contribution in [0.15, 0.2) is 71.6 Å². The quantitative estimate of drug-likeness (QED) is 0.338. The average molecular weight is 442 g/mol. The first-order valence-electron chi connectivity index (χ1n) is 8.87. The summed E-state index contributed by atoms with van der Waals surface area (Å²) in [4.78, 5) is 23.2. The Morgan fingerprint density at radius 3 is 2.53 bits per heavy atom. The van der Waals surface area contributed by atoms with E-state index in [0.717, 1.165) is 17.2 Å². The number of carbonyl (C=O) groups excluding carboxylic acids is 2. The van der Waals surface area contributed by atoms with Crippen LogP contribution in [0.1, 0.15) is 0 Å². The molecule has 0 aliphatic heterocycles. The van der Waals surface area contributed by atoms with Crippen molar-refractivity contribution in [2.75, 3.05) is 17.6 Å². The van der Waals surface area contributed by atoms with Gasteiger partial charge in [0.1, 0.15) is 11.5 Å². The SMILES string of the molecule is C=CCNC(=O)NC(=O)CSc1nnc(Nc2ccc(Oc3ccccc3)cc2)s1. The van der Waals surface area contributed by atoms with Crippen molar-refractivity contribution >= 4 is 45.9 Å². The molecule has 0 aliphatic carbocycles. The summed E-state index contributed by atoms with van der Waals surface area (Å²) < 4.78 is 6.38. The summed E-state index contributed by atoms with van der Waals surface area (Å²) >= 11 is 2.52. The van der Waals surface area contributed by atoms with Crippen LogP contribution < -0.4 is 20.7 Å². The molecule has 10 heteroatoms. The molecule has 0 saturated carbocycles. The van der Waals surface area contributed by atoms with Gasteiger partial charge in [-0.25, -0.2) is 4.79 Å². The number of imide groups is 1. The Balaban J connectivity index is 1.46. The van der Waals surface area contributed by atoms with Gasteiger partial charge in [0.2, 0.25) is 11.0 Å². The second-order valence-corrected chi connectivity index (χ2v) is 7.97. The zero-order chi connectivity index (χ0) is 21.2. The maximum atomic E-state index is 11.8. The van der Waals surface area contributed by atoms with Crippen molar-refractivity contribution < 1.29 is 14.3 Å². The predicted molar refractivity (Wildman–Crippen MR) is 119 cm³/mol. The first-order chi connectivity index (χ1) is 14.6. The molecule has 0 spiro atoms. The molecule has 2 aromatic carbocycles. The number of amides is 3. The fourth-order valence-corrected chi connectivity index (χ4v) is 3.74. The molecular formula is C20H19N5O3S2. The number of rotatable bonds is 9. The van der Waals surface area contributed by atoms with Crippen LogP contribution in [0.2, 0.25) is 0 Å². The Bertz CT molecular complexity index is 993. The first kappa shape index (κ1) is 21.3. The summed E-state index contributed by atoms with van der Waals surface area (Å²) in [5.41, 5.74) is 0.833. The zero-order valence-corrected chi connectivity index (χ0v) is 17.5. The topological polar surface area (TPSA) is 105 Å². The number of aromatic nitrogens is 2. The first-order valence-corrected chi connectivity index (χ1v) is 10.7. The molecule has 3 amide bonds. The third-order valence-electron chi connectivity index (χ3n) is 3.48. The lowest BCUT2D eigenvalue weighted by Crippen LogP contribution is -2.40. The number of ether oxygens (including phenoxy) is 1. The second kappa shape index (κ2) is 11.0. The van der Waals surface area contributed by atoms with Gasteiger partial charge < -0.3 is 15.4 Å². The Labute approximate surface area is 181 Å². The number of anilines is 2. The van der Waals surface area contributed by atoms with Gasteiger partial charge in [-0.15, -0.1) is 16.8 Å². The number of thioether (sulfide) groups is 1. The highest BCUT2D eigenvalue weighted by Crippen LogP contribution is 2.29. The van der Waals surface area contributed by atoms with Gasteiger partial charge in [-0.05, 0) is 36.4 Å². The minimum Gasteiger partial charge on any atom is -0.457 e. The van der Waals surface area contributed by atoms with Gasteiger partial charge in [0.05, 0.1) is 5.75 Å². The lowest BCUT2D eigenvalue weighted by Gasteiger charge is -2.06. The monoisotopic (exact) mass is 441 g/mol. The van der Waals surface area contributed by atoms with Gasteiger partial charge in [0.15, 0.2) is 4.34 Å². The van der Waals surface area contributed by atoms with Crippen LogP contribution in [-0.2, 0) is 4.79 Å². The van der Waals surface area contributed by atoms with Gasteiger partial charge in [0, 0.05) is 12.2 Å². The summed E-state index contributed by atoms with van der Waals surface area (Å²) in [5.74, 6) is 1.14. The maximum absolute atomic E-state index is 11.8. The van der Waals surface area contributed by atoms with E-state index in [0.29, 0.717) is 9.47 Å². The zero-order valence-electron chi connectivity index (χ0n) is 15.8. The summed E-state index contributed by atoms with van der Waals surface area (Å²) in [6.07, 6.45) is 1.53. The van der Waals surface area contributed by atoms with Gasteiger partial charge >= 0.3 is 6.03 Å². The van der Waals surface area contributed by atoms with Crippen molar-refractivity contribution in [3.63, 3.8) is 0 Å². The Morgan fingerprint density at radius 2 is 1.80 bits per heavy atom. The fourth-order valence-electron chi connectivity index (χ4n) is 2.17. The van der Waals surface area contributed by atoms with Crippen molar-refractivity contribution in [3.8, 4) is 11.5 Å². The highest BCUT2D eigenvalue weighted by molar-refractivity contribution is 8.01. The number of nitrogens with zero attached hydrogens (tertiary/aromatic N) is 2. The number of carbonyl (C=O) groups is 2. The highest BCUT2D eigenvalue weighted by atomic mass is 32.2. The van der Waals surface area contributed by atoms with Gasteiger partial charge in [0.25, 0.3) is 0 Å². The maximum Gasteiger partial charge on any atom is 0.321 e. The smallest absolute Gasteiger partial charge is 0.321 e. The lowest BCUT2D eigenvalue weighted by molar-refractivity contribution is -0.117. The molecule has 3 rings (SSSR count). The van der Waals surface area contributed by atoms with E-state index < -0.39 is 11.9 Å². The molecule has 0 bridgehead atoms. The number of hydrogen-bond acceptors (Lipinski definition) is 8. The average Bonchev–Trinajstić information content (AvgIpc) is 3.20. The van der Waals surface area contributed by atoms with E-state index in [1.807, 2.05) is 54.6 Å². The number of para-hydroxylation sites is 1. The summed E-state index contributed by atoms with van der Waals surface area (Å²) in [7, 11) is 0. The fraction of sp³-hybridized carbons (Fsp3) is 0.100. The minimum absolute atomic E-state index is 0.0572. The van der Waals surface area contributed by atoms with Crippen molar-refractivity contribution in [1.29, 1.82) is 0 Å². The van der Waals surface area contributed by atoms with Crippen LogP contribution in [0.4, 0.5) is 15.6 Å². The molecule has 1 heterocycles. The molecule has 0 unspecified atom stereocenters. The van der Waals surface area contributed by atoms with E-state index in [4.69, 9.17) is 4.74 Å². The van der Waals surface area contributed by atoms with E-state index in [2.05, 4.69) is 32.7 Å². The molecule has 154 valence electrons. The van der Waals surface area contributed by atoms with E-state index in [1.54, 1.807) is 0 Å². The van der Waals surface area contributed by atoms with Gasteiger partial charge in [-0.3, -0.25) is 10.1 Å². The highest BCUT2D eigenvalue weighted by Gasteiger charge is 2.11. The molecule has 3 aromatic rings. The van der Waals surface area contributed by atoms with Crippen LogP contribution >= 0.6 is 23.1 Å². The van der Waals surface area contributed by atoms with E-state index in [-0.39, 0.29) is 12.3 Å². The molecule has 3 N–H and O–H groups in total. The lowest BCUT2D eigenvalue weighted by atomic mass is 10.3. The molecule has 0 aliphatic rings. The molecule has 1 aromatic heterocycles. The molecule has 0 fully saturated rings. The molecular weight excluding hydrogens is 422 g/mol. The molecule has 8 nitrogen and oxygen atoms in total. The van der Waals surface area contributed by atoms with E-state index in [1.165, 1.54) is 29.2 Å². The third kappa shape index (κ3) is 6.90. The number of nitrogens with one attached hydrogen (secondary N) is 3. The molecule has 0 radical (unpaired) electrons. The Kier molecular flexibility index (Phi) is 7.81. The summed E-state index contributed by atoms with van der Waals surface area (Å²) in [6.45, 7) is 3.77.